The second-order valence-electron chi connectivity index (χ2n) is 8.62. The van der Waals surface area contributed by atoms with Crippen LogP contribution in [0.5, 0.6) is 11.5 Å². The summed E-state index contributed by atoms with van der Waals surface area (Å²) in [4.78, 5) is 15.0. The van der Waals surface area contributed by atoms with Crippen molar-refractivity contribution in [3.8, 4) is 11.5 Å². The average molecular weight is 419 g/mol. The molecule has 0 bridgehead atoms. The van der Waals surface area contributed by atoms with Gasteiger partial charge in [0, 0.05) is 26.2 Å². The van der Waals surface area contributed by atoms with Gasteiger partial charge in [-0.1, -0.05) is 6.07 Å². The molecule has 0 radical (unpaired) electrons. The summed E-state index contributed by atoms with van der Waals surface area (Å²) in [6.07, 6.45) is 4.98. The van der Waals surface area contributed by atoms with Crippen LogP contribution >= 0.6 is 0 Å². The number of carbonyl (C=O) groups is 1. The lowest BCUT2D eigenvalue weighted by molar-refractivity contribution is -0.123. The van der Waals surface area contributed by atoms with Gasteiger partial charge in [-0.05, 0) is 68.8 Å². The quantitative estimate of drug-likeness (QED) is 0.674. The monoisotopic (exact) mass is 418 g/mol. The smallest absolute Gasteiger partial charge is 0.220 e. The van der Waals surface area contributed by atoms with Crippen molar-refractivity contribution in [2.24, 2.45) is 5.92 Å². The molecule has 2 atom stereocenters. The van der Waals surface area contributed by atoms with Crippen molar-refractivity contribution in [3.05, 3.63) is 23.8 Å². The first-order valence-corrected chi connectivity index (χ1v) is 11.4. The minimum Gasteiger partial charge on any atom is -0.486 e. The molecule has 1 aromatic carbocycles. The Labute approximate surface area is 178 Å². The number of likely N-dealkylation sites (tertiary alicyclic amines) is 1. The van der Waals surface area contributed by atoms with Crippen LogP contribution < -0.4 is 14.8 Å². The van der Waals surface area contributed by atoms with E-state index >= 15 is 0 Å². The highest BCUT2D eigenvalue weighted by Gasteiger charge is 2.28. The minimum atomic E-state index is -0.798. The van der Waals surface area contributed by atoms with E-state index in [4.69, 9.17) is 14.2 Å². The topological polar surface area (TPSA) is 80.3 Å². The Morgan fingerprint density at radius 2 is 1.83 bits per heavy atom. The van der Waals surface area contributed by atoms with Crippen LogP contribution in [0.3, 0.4) is 0 Å². The number of aliphatic hydroxyl groups excluding tert-OH is 1. The Bertz CT molecular complexity index is 701. The van der Waals surface area contributed by atoms with Crippen molar-refractivity contribution in [2.45, 2.75) is 50.7 Å². The van der Waals surface area contributed by atoms with Gasteiger partial charge < -0.3 is 29.5 Å². The van der Waals surface area contributed by atoms with Crippen LogP contribution in [-0.4, -0.2) is 68.0 Å². The van der Waals surface area contributed by atoms with Crippen LogP contribution in [-0.2, 0) is 9.53 Å². The van der Waals surface area contributed by atoms with Crippen LogP contribution in [0.4, 0.5) is 0 Å². The fraction of sp³-hybridized carbons (Fsp3) is 0.696. The summed E-state index contributed by atoms with van der Waals surface area (Å²) < 4.78 is 16.7. The lowest BCUT2D eigenvalue weighted by Gasteiger charge is -2.30. The van der Waals surface area contributed by atoms with Gasteiger partial charge in [0.15, 0.2) is 11.5 Å². The molecule has 0 unspecified atom stereocenters. The molecule has 0 aromatic heterocycles. The molecule has 4 rings (SSSR count). The number of fused-ring (bicyclic) bond motifs is 1. The number of ether oxygens (including phenoxy) is 3. The van der Waals surface area contributed by atoms with E-state index in [1.54, 1.807) is 0 Å². The summed E-state index contributed by atoms with van der Waals surface area (Å²) in [6, 6.07) is 5.19. The zero-order valence-electron chi connectivity index (χ0n) is 17.7. The zero-order valence-corrected chi connectivity index (χ0v) is 17.7. The van der Waals surface area contributed by atoms with Crippen molar-refractivity contribution < 1.29 is 24.1 Å². The first kappa shape index (κ1) is 21.4. The lowest BCUT2D eigenvalue weighted by atomic mass is 9.94. The summed E-state index contributed by atoms with van der Waals surface area (Å²) in [7, 11) is 0. The molecule has 2 saturated heterocycles. The minimum absolute atomic E-state index is 0.0160. The Morgan fingerprint density at radius 3 is 2.60 bits per heavy atom. The number of nitrogens with zero attached hydrogens (tertiary/aromatic N) is 1. The fourth-order valence-corrected chi connectivity index (χ4v) is 4.59. The van der Waals surface area contributed by atoms with Crippen molar-refractivity contribution in [3.63, 3.8) is 0 Å². The van der Waals surface area contributed by atoms with Crippen LogP contribution in [0.15, 0.2) is 18.2 Å². The third-order valence-electron chi connectivity index (χ3n) is 6.41. The van der Waals surface area contributed by atoms with Crippen molar-refractivity contribution in [1.82, 2.24) is 10.2 Å². The summed E-state index contributed by atoms with van der Waals surface area (Å²) in [5, 5.41) is 14.3. The molecule has 166 valence electrons. The Morgan fingerprint density at radius 1 is 1.10 bits per heavy atom. The third kappa shape index (κ3) is 5.65. The van der Waals surface area contributed by atoms with Crippen molar-refractivity contribution in [2.75, 3.05) is 46.1 Å². The molecule has 2 fully saturated rings. The number of hydrogen-bond acceptors (Lipinski definition) is 6. The van der Waals surface area contributed by atoms with Crippen LogP contribution in [0.2, 0.25) is 0 Å². The molecule has 7 heteroatoms. The SMILES string of the molecule is O=C(CCC1CCOCC1)N[C@H](CN1CCCC1)[C@@H](O)c1ccc2c(c1)OCCO2. The molecule has 3 aliphatic rings. The molecule has 0 spiro atoms. The van der Waals surface area contributed by atoms with E-state index < -0.39 is 6.10 Å². The van der Waals surface area contributed by atoms with Gasteiger partial charge >= 0.3 is 0 Å². The number of aliphatic hydroxyl groups is 1. The first-order chi connectivity index (χ1) is 14.7. The van der Waals surface area contributed by atoms with E-state index in [1.165, 1.54) is 12.8 Å². The normalized spacial score (nSPS) is 21.9. The standard InChI is InChI=1S/C23H34N2O5/c26-22(6-3-17-7-11-28-12-8-17)24-19(16-25-9-1-2-10-25)23(27)18-4-5-20-21(15-18)30-14-13-29-20/h4-5,15,17,19,23,27H,1-3,6-14,16H2,(H,24,26)/t19-,23+/m1/s1. The van der Waals surface area contributed by atoms with Gasteiger partial charge in [-0.25, -0.2) is 0 Å². The largest absolute Gasteiger partial charge is 0.486 e. The van der Waals surface area contributed by atoms with E-state index in [0.29, 0.717) is 43.6 Å². The summed E-state index contributed by atoms with van der Waals surface area (Å²) in [5.41, 5.74) is 0.744. The zero-order chi connectivity index (χ0) is 20.8. The fourth-order valence-electron chi connectivity index (χ4n) is 4.59. The van der Waals surface area contributed by atoms with Gasteiger partial charge in [0.05, 0.1) is 6.04 Å². The predicted molar refractivity (Wildman–Crippen MR) is 113 cm³/mol. The van der Waals surface area contributed by atoms with E-state index in [0.717, 1.165) is 51.1 Å². The van der Waals surface area contributed by atoms with Gasteiger partial charge in [-0.3, -0.25) is 4.79 Å². The maximum Gasteiger partial charge on any atom is 0.220 e. The lowest BCUT2D eigenvalue weighted by Crippen LogP contribution is -2.46. The van der Waals surface area contributed by atoms with Crippen LogP contribution in [0, 0.1) is 5.92 Å². The number of benzene rings is 1. The number of carbonyl (C=O) groups excluding carboxylic acids is 1. The van der Waals surface area contributed by atoms with Crippen molar-refractivity contribution >= 4 is 5.91 Å². The van der Waals surface area contributed by atoms with E-state index in [1.807, 2.05) is 18.2 Å². The van der Waals surface area contributed by atoms with Gasteiger partial charge in [-0.15, -0.1) is 0 Å². The molecular weight excluding hydrogens is 384 g/mol. The molecule has 0 aliphatic carbocycles. The molecule has 7 nitrogen and oxygen atoms in total. The molecule has 0 saturated carbocycles. The Balaban J connectivity index is 1.39. The highest BCUT2D eigenvalue weighted by Crippen LogP contribution is 2.33. The highest BCUT2D eigenvalue weighted by atomic mass is 16.6. The molecular formula is C23H34N2O5. The number of hydrogen-bond donors (Lipinski definition) is 2. The van der Waals surface area contributed by atoms with E-state index in [9.17, 15) is 9.90 Å². The maximum absolute atomic E-state index is 12.7. The number of amides is 1. The van der Waals surface area contributed by atoms with Gasteiger partial charge in [-0.2, -0.15) is 0 Å². The Hall–Kier alpha value is -1.83. The average Bonchev–Trinajstić information content (AvgIpc) is 3.30. The van der Waals surface area contributed by atoms with E-state index in [2.05, 4.69) is 10.2 Å². The van der Waals surface area contributed by atoms with Gasteiger partial charge in [0.25, 0.3) is 0 Å². The molecule has 3 aliphatic heterocycles. The van der Waals surface area contributed by atoms with Crippen LogP contribution in [0.25, 0.3) is 0 Å². The third-order valence-corrected chi connectivity index (χ3v) is 6.41. The first-order valence-electron chi connectivity index (χ1n) is 11.4. The molecule has 1 amide bonds. The van der Waals surface area contributed by atoms with E-state index in [-0.39, 0.29) is 11.9 Å². The Kier molecular flexibility index (Phi) is 7.47. The second-order valence-corrected chi connectivity index (χ2v) is 8.62. The summed E-state index contributed by atoms with van der Waals surface area (Å²) in [6.45, 7) is 5.32. The maximum atomic E-state index is 12.7. The molecule has 30 heavy (non-hydrogen) atoms. The van der Waals surface area contributed by atoms with Gasteiger partial charge in [0.1, 0.15) is 19.3 Å². The van der Waals surface area contributed by atoms with Crippen molar-refractivity contribution in [1.29, 1.82) is 0 Å². The molecule has 2 N–H and O–H groups in total. The van der Waals surface area contributed by atoms with Crippen LogP contribution in [0.1, 0.15) is 50.2 Å². The summed E-state index contributed by atoms with van der Waals surface area (Å²) >= 11 is 0. The second kappa shape index (κ2) is 10.5. The number of nitrogens with one attached hydrogen (secondary N) is 1. The predicted octanol–water partition coefficient (Wildman–Crippen LogP) is 2.28. The highest BCUT2D eigenvalue weighted by molar-refractivity contribution is 5.76. The molecule has 3 heterocycles. The summed E-state index contributed by atoms with van der Waals surface area (Å²) in [5.74, 6) is 1.93. The molecule has 1 aromatic rings. The number of rotatable bonds is 8. The van der Waals surface area contributed by atoms with Gasteiger partial charge in [0.2, 0.25) is 5.91 Å².